The molecule has 4 aliphatic carbocycles. The van der Waals surface area contributed by atoms with Gasteiger partial charge >= 0.3 is 0 Å². The minimum absolute atomic E-state index is 0.428. The molecule has 0 amide bonds. The summed E-state index contributed by atoms with van der Waals surface area (Å²) in [6, 6.07) is 0.428. The zero-order chi connectivity index (χ0) is 11.8. The summed E-state index contributed by atoms with van der Waals surface area (Å²) in [5.74, 6) is 16.8. The Balaban J connectivity index is 1.75. The van der Waals surface area contributed by atoms with Crippen LogP contribution in [0.3, 0.4) is 0 Å². The molecule has 4 rings (SSSR count). The standard InChI is InChI=1S/C15H24N2/c1-2-3-4-14(17-16)15-12-6-10-5-11(8-12)9-13(15)7-10/h10-15,17H,4-9,16H2,1H3. The van der Waals surface area contributed by atoms with Crippen molar-refractivity contribution in [3.8, 4) is 11.8 Å². The third kappa shape index (κ3) is 2.00. The molecule has 0 aliphatic heterocycles. The lowest BCUT2D eigenvalue weighted by Crippen LogP contribution is -2.54. The summed E-state index contributed by atoms with van der Waals surface area (Å²) < 4.78 is 0. The molecule has 0 radical (unpaired) electrons. The van der Waals surface area contributed by atoms with Gasteiger partial charge in [-0.15, -0.1) is 11.8 Å². The molecule has 0 spiro atoms. The molecule has 0 aromatic carbocycles. The quantitative estimate of drug-likeness (QED) is 0.445. The van der Waals surface area contributed by atoms with Crippen molar-refractivity contribution in [1.29, 1.82) is 0 Å². The van der Waals surface area contributed by atoms with E-state index in [4.69, 9.17) is 5.84 Å². The molecule has 4 saturated carbocycles. The summed E-state index contributed by atoms with van der Waals surface area (Å²) in [6.07, 6.45) is 8.32. The number of nitrogens with one attached hydrogen (secondary N) is 1. The molecule has 0 saturated heterocycles. The first-order valence-corrected chi connectivity index (χ1v) is 7.17. The van der Waals surface area contributed by atoms with Crippen LogP contribution in [-0.2, 0) is 0 Å². The number of hydrogen-bond donors (Lipinski definition) is 2. The van der Waals surface area contributed by atoms with Crippen molar-refractivity contribution in [1.82, 2.24) is 5.43 Å². The second-order valence-electron chi connectivity index (χ2n) is 6.41. The third-order valence-electron chi connectivity index (χ3n) is 5.48. The number of hydrazine groups is 1. The lowest BCUT2D eigenvalue weighted by Gasteiger charge is -2.56. The Labute approximate surface area is 105 Å². The lowest BCUT2D eigenvalue weighted by molar-refractivity contribution is -0.0511. The molecule has 3 N–H and O–H groups in total. The van der Waals surface area contributed by atoms with Gasteiger partial charge in [0.15, 0.2) is 0 Å². The van der Waals surface area contributed by atoms with Crippen LogP contribution in [0.15, 0.2) is 0 Å². The maximum Gasteiger partial charge on any atom is 0.0353 e. The van der Waals surface area contributed by atoms with E-state index in [0.29, 0.717) is 6.04 Å². The molecule has 1 unspecified atom stereocenters. The molecule has 4 bridgehead atoms. The molecule has 17 heavy (non-hydrogen) atoms. The van der Waals surface area contributed by atoms with Gasteiger partial charge in [0, 0.05) is 12.5 Å². The Bertz CT molecular complexity index is 311. The van der Waals surface area contributed by atoms with Crippen LogP contribution in [0.5, 0.6) is 0 Å². The molecule has 4 aliphatic rings. The minimum Gasteiger partial charge on any atom is -0.271 e. The SMILES string of the molecule is CC#CCC(NN)C1C2CC3CC(C2)CC1C3. The van der Waals surface area contributed by atoms with Crippen LogP contribution < -0.4 is 11.3 Å². The zero-order valence-electron chi connectivity index (χ0n) is 10.8. The first-order chi connectivity index (χ1) is 8.31. The molecule has 94 valence electrons. The van der Waals surface area contributed by atoms with Crippen LogP contribution in [0, 0.1) is 41.4 Å². The third-order valence-corrected chi connectivity index (χ3v) is 5.48. The highest BCUT2D eigenvalue weighted by Gasteiger charge is 2.50. The lowest BCUT2D eigenvalue weighted by atomic mass is 9.50. The van der Waals surface area contributed by atoms with Crippen molar-refractivity contribution in [3.63, 3.8) is 0 Å². The largest absolute Gasteiger partial charge is 0.271 e. The van der Waals surface area contributed by atoms with Gasteiger partial charge in [-0.1, -0.05) is 0 Å². The second-order valence-corrected chi connectivity index (χ2v) is 6.41. The molecule has 2 heteroatoms. The van der Waals surface area contributed by atoms with E-state index in [2.05, 4.69) is 17.3 Å². The minimum atomic E-state index is 0.428. The van der Waals surface area contributed by atoms with Gasteiger partial charge in [0.1, 0.15) is 0 Å². The molecule has 0 aromatic heterocycles. The van der Waals surface area contributed by atoms with Crippen LogP contribution in [0.2, 0.25) is 0 Å². The van der Waals surface area contributed by atoms with E-state index in [-0.39, 0.29) is 0 Å². The van der Waals surface area contributed by atoms with E-state index < -0.39 is 0 Å². The zero-order valence-corrected chi connectivity index (χ0v) is 10.8. The molecule has 4 fully saturated rings. The summed E-state index contributed by atoms with van der Waals surface area (Å²) >= 11 is 0. The fourth-order valence-corrected chi connectivity index (χ4v) is 5.14. The van der Waals surface area contributed by atoms with Crippen LogP contribution >= 0.6 is 0 Å². The highest BCUT2D eigenvalue weighted by atomic mass is 15.2. The Morgan fingerprint density at radius 2 is 1.71 bits per heavy atom. The van der Waals surface area contributed by atoms with Crippen LogP contribution in [-0.4, -0.2) is 6.04 Å². The summed E-state index contributed by atoms with van der Waals surface area (Å²) in [5, 5.41) is 0. The van der Waals surface area contributed by atoms with Gasteiger partial charge < -0.3 is 0 Å². The van der Waals surface area contributed by atoms with Crippen LogP contribution in [0.4, 0.5) is 0 Å². The highest BCUT2D eigenvalue weighted by molar-refractivity contribution is 5.05. The Hall–Kier alpha value is -0.520. The van der Waals surface area contributed by atoms with E-state index in [9.17, 15) is 0 Å². The molecule has 2 nitrogen and oxygen atoms in total. The van der Waals surface area contributed by atoms with E-state index in [1.54, 1.807) is 0 Å². The Morgan fingerprint density at radius 1 is 1.12 bits per heavy atom. The number of hydrogen-bond acceptors (Lipinski definition) is 2. The summed E-state index contributed by atoms with van der Waals surface area (Å²) in [7, 11) is 0. The molecule has 0 aromatic rings. The highest BCUT2D eigenvalue weighted by Crippen LogP contribution is 2.57. The van der Waals surface area contributed by atoms with Gasteiger partial charge in [0.25, 0.3) is 0 Å². The first kappa shape index (κ1) is 11.6. The predicted octanol–water partition coefficient (Wildman–Crippen LogP) is 2.30. The molecular formula is C15H24N2. The van der Waals surface area contributed by atoms with Crippen molar-refractivity contribution in [2.45, 2.75) is 51.5 Å². The second kappa shape index (κ2) is 4.63. The molecular weight excluding hydrogens is 208 g/mol. The fourth-order valence-electron chi connectivity index (χ4n) is 5.14. The average molecular weight is 232 g/mol. The van der Waals surface area contributed by atoms with Gasteiger partial charge in [-0.3, -0.25) is 11.3 Å². The summed E-state index contributed by atoms with van der Waals surface area (Å²) in [4.78, 5) is 0. The smallest absolute Gasteiger partial charge is 0.0353 e. The van der Waals surface area contributed by atoms with E-state index in [0.717, 1.165) is 36.0 Å². The molecule has 0 heterocycles. The molecule has 1 atom stereocenters. The normalized spacial score (nSPS) is 44.2. The summed E-state index contributed by atoms with van der Waals surface area (Å²) in [6.45, 7) is 1.92. The fraction of sp³-hybridized carbons (Fsp3) is 0.867. The van der Waals surface area contributed by atoms with E-state index in [1.165, 1.54) is 32.1 Å². The Kier molecular flexibility index (Phi) is 3.15. The monoisotopic (exact) mass is 232 g/mol. The summed E-state index contributed by atoms with van der Waals surface area (Å²) in [5.41, 5.74) is 3.06. The maximum atomic E-state index is 5.78. The van der Waals surface area contributed by atoms with Crippen molar-refractivity contribution < 1.29 is 0 Å². The van der Waals surface area contributed by atoms with Gasteiger partial charge in [-0.25, -0.2) is 0 Å². The Morgan fingerprint density at radius 3 is 2.18 bits per heavy atom. The van der Waals surface area contributed by atoms with E-state index in [1.807, 2.05) is 6.92 Å². The van der Waals surface area contributed by atoms with Crippen molar-refractivity contribution in [2.24, 2.45) is 35.4 Å². The van der Waals surface area contributed by atoms with Gasteiger partial charge in [-0.05, 0) is 68.6 Å². The van der Waals surface area contributed by atoms with Gasteiger partial charge in [-0.2, -0.15) is 0 Å². The van der Waals surface area contributed by atoms with Crippen molar-refractivity contribution in [2.75, 3.05) is 0 Å². The topological polar surface area (TPSA) is 38.0 Å². The van der Waals surface area contributed by atoms with Gasteiger partial charge in [0.05, 0.1) is 0 Å². The maximum absolute atomic E-state index is 5.78. The predicted molar refractivity (Wildman–Crippen MR) is 69.7 cm³/mol. The first-order valence-electron chi connectivity index (χ1n) is 7.17. The van der Waals surface area contributed by atoms with Crippen LogP contribution in [0.25, 0.3) is 0 Å². The number of nitrogens with two attached hydrogens (primary N) is 1. The van der Waals surface area contributed by atoms with Gasteiger partial charge in [0.2, 0.25) is 0 Å². The average Bonchev–Trinajstić information content (AvgIpc) is 2.31. The van der Waals surface area contributed by atoms with Crippen molar-refractivity contribution in [3.05, 3.63) is 0 Å². The van der Waals surface area contributed by atoms with Crippen LogP contribution in [0.1, 0.15) is 45.4 Å². The number of rotatable bonds is 3. The van der Waals surface area contributed by atoms with E-state index >= 15 is 0 Å². The van der Waals surface area contributed by atoms with Crippen molar-refractivity contribution >= 4 is 0 Å².